The zero-order valence-electron chi connectivity index (χ0n) is 8.73. The van der Waals surface area contributed by atoms with Gasteiger partial charge in [-0.05, 0) is 17.7 Å². The maximum Gasteiger partial charge on any atom is 0.317 e. The molecule has 5 nitrogen and oxygen atoms in total. The van der Waals surface area contributed by atoms with E-state index in [0.717, 1.165) is 30.2 Å². The van der Waals surface area contributed by atoms with Crippen LogP contribution in [0.25, 0.3) is 0 Å². The number of fused-ring (bicyclic) bond motifs is 1. The monoisotopic (exact) mass is 220 g/mol. The van der Waals surface area contributed by atoms with Crippen LogP contribution >= 0.6 is 0 Å². The number of hydrogen-bond acceptors (Lipinski definition) is 3. The van der Waals surface area contributed by atoms with Crippen LogP contribution in [-0.2, 0) is 6.54 Å². The van der Waals surface area contributed by atoms with Gasteiger partial charge in [0.1, 0.15) is 0 Å². The van der Waals surface area contributed by atoms with Gasteiger partial charge in [0.2, 0.25) is 6.79 Å². The Morgan fingerprint density at radius 1 is 1.31 bits per heavy atom. The van der Waals surface area contributed by atoms with Crippen LogP contribution in [0.5, 0.6) is 11.5 Å². The third-order valence-corrected chi connectivity index (χ3v) is 2.76. The minimum atomic E-state index is -0.00216. The number of ether oxygens (including phenoxy) is 2. The number of urea groups is 1. The highest BCUT2D eigenvalue weighted by molar-refractivity contribution is 5.76. The zero-order valence-corrected chi connectivity index (χ0v) is 8.73. The standard InChI is InChI=1S/C11H12N2O3/c14-11-12-3-4-13(11)6-8-1-2-9-10(5-8)16-7-15-9/h1-2,5H,3-4,6-7H2,(H,12,14). The van der Waals surface area contributed by atoms with Crippen molar-refractivity contribution in [1.82, 2.24) is 10.2 Å². The summed E-state index contributed by atoms with van der Waals surface area (Å²) in [6, 6.07) is 5.76. The SMILES string of the molecule is O=C1NCCN1Cc1ccc2c(c1)OCO2. The number of rotatable bonds is 2. The third-order valence-electron chi connectivity index (χ3n) is 2.76. The van der Waals surface area contributed by atoms with E-state index in [4.69, 9.17) is 9.47 Å². The molecule has 1 fully saturated rings. The van der Waals surface area contributed by atoms with Gasteiger partial charge in [-0.2, -0.15) is 0 Å². The molecule has 5 heteroatoms. The van der Waals surface area contributed by atoms with E-state index in [1.807, 2.05) is 18.2 Å². The van der Waals surface area contributed by atoms with E-state index < -0.39 is 0 Å². The summed E-state index contributed by atoms with van der Waals surface area (Å²) in [5.74, 6) is 1.53. The van der Waals surface area contributed by atoms with Crippen molar-refractivity contribution in [3.05, 3.63) is 23.8 Å². The average Bonchev–Trinajstić information content (AvgIpc) is 2.88. The van der Waals surface area contributed by atoms with Crippen molar-refractivity contribution in [3.8, 4) is 11.5 Å². The predicted octanol–water partition coefficient (Wildman–Crippen LogP) is 0.940. The fourth-order valence-electron chi connectivity index (χ4n) is 1.92. The molecule has 1 saturated heterocycles. The Labute approximate surface area is 92.9 Å². The van der Waals surface area contributed by atoms with Crippen LogP contribution < -0.4 is 14.8 Å². The lowest BCUT2D eigenvalue weighted by Crippen LogP contribution is -2.27. The van der Waals surface area contributed by atoms with Crippen molar-refractivity contribution >= 4 is 6.03 Å². The maximum atomic E-state index is 11.4. The van der Waals surface area contributed by atoms with Gasteiger partial charge in [-0.1, -0.05) is 6.07 Å². The fourth-order valence-corrected chi connectivity index (χ4v) is 1.92. The van der Waals surface area contributed by atoms with Crippen LogP contribution in [0.4, 0.5) is 4.79 Å². The summed E-state index contributed by atoms with van der Waals surface area (Å²) >= 11 is 0. The molecule has 0 unspecified atom stereocenters. The number of hydrogen-bond donors (Lipinski definition) is 1. The van der Waals surface area contributed by atoms with Crippen molar-refractivity contribution in [2.75, 3.05) is 19.9 Å². The zero-order chi connectivity index (χ0) is 11.0. The van der Waals surface area contributed by atoms with Crippen LogP contribution in [0.3, 0.4) is 0 Å². The van der Waals surface area contributed by atoms with Gasteiger partial charge >= 0.3 is 6.03 Å². The molecule has 0 spiro atoms. The minimum Gasteiger partial charge on any atom is -0.454 e. The summed E-state index contributed by atoms with van der Waals surface area (Å²) in [5.41, 5.74) is 1.06. The molecule has 0 radical (unpaired) electrons. The average molecular weight is 220 g/mol. The van der Waals surface area contributed by atoms with Gasteiger partial charge in [0.25, 0.3) is 0 Å². The minimum absolute atomic E-state index is 0.00216. The first-order valence-corrected chi connectivity index (χ1v) is 5.24. The molecule has 2 amide bonds. The molecule has 3 rings (SSSR count). The molecule has 0 saturated carbocycles. The van der Waals surface area contributed by atoms with Gasteiger partial charge in [0, 0.05) is 19.6 Å². The number of carbonyl (C=O) groups excluding carboxylic acids is 1. The first-order valence-electron chi connectivity index (χ1n) is 5.24. The maximum absolute atomic E-state index is 11.4. The summed E-state index contributed by atoms with van der Waals surface area (Å²) in [6.45, 7) is 2.38. The molecule has 2 aliphatic rings. The third kappa shape index (κ3) is 1.54. The number of benzene rings is 1. The highest BCUT2D eigenvalue weighted by Crippen LogP contribution is 2.32. The molecule has 16 heavy (non-hydrogen) atoms. The molecular weight excluding hydrogens is 208 g/mol. The van der Waals surface area contributed by atoms with Crippen molar-refractivity contribution in [3.63, 3.8) is 0 Å². The van der Waals surface area contributed by atoms with Gasteiger partial charge < -0.3 is 19.7 Å². The Bertz CT molecular complexity index is 433. The summed E-state index contributed by atoms with van der Waals surface area (Å²) in [4.78, 5) is 13.1. The normalized spacial score (nSPS) is 17.8. The van der Waals surface area contributed by atoms with Crippen LogP contribution in [0.2, 0.25) is 0 Å². The van der Waals surface area contributed by atoms with Crippen LogP contribution in [0.15, 0.2) is 18.2 Å². The Morgan fingerprint density at radius 2 is 2.19 bits per heavy atom. The summed E-state index contributed by atoms with van der Waals surface area (Å²) < 4.78 is 10.5. The molecule has 2 heterocycles. The van der Waals surface area contributed by atoms with E-state index in [-0.39, 0.29) is 12.8 Å². The molecular formula is C11H12N2O3. The van der Waals surface area contributed by atoms with Crippen LogP contribution in [0, 0.1) is 0 Å². The van der Waals surface area contributed by atoms with Crippen molar-refractivity contribution in [1.29, 1.82) is 0 Å². The number of carbonyl (C=O) groups is 1. The first kappa shape index (κ1) is 9.33. The highest BCUT2D eigenvalue weighted by Gasteiger charge is 2.20. The fraction of sp³-hybridized carbons (Fsp3) is 0.364. The molecule has 1 aromatic rings. The van der Waals surface area contributed by atoms with Gasteiger partial charge in [0.15, 0.2) is 11.5 Å². The van der Waals surface area contributed by atoms with Crippen molar-refractivity contribution < 1.29 is 14.3 Å². The lowest BCUT2D eigenvalue weighted by atomic mass is 10.2. The smallest absolute Gasteiger partial charge is 0.317 e. The van der Waals surface area contributed by atoms with Crippen LogP contribution in [0.1, 0.15) is 5.56 Å². The highest BCUT2D eigenvalue weighted by atomic mass is 16.7. The first-order chi connectivity index (χ1) is 7.83. The van der Waals surface area contributed by atoms with Gasteiger partial charge in [0.05, 0.1) is 0 Å². The van der Waals surface area contributed by atoms with E-state index in [1.54, 1.807) is 4.90 Å². The number of amides is 2. The largest absolute Gasteiger partial charge is 0.454 e. The summed E-state index contributed by atoms with van der Waals surface area (Å²) in [6.07, 6.45) is 0. The van der Waals surface area contributed by atoms with E-state index in [0.29, 0.717) is 6.54 Å². The summed E-state index contributed by atoms with van der Waals surface area (Å²) in [7, 11) is 0. The molecule has 0 atom stereocenters. The number of nitrogens with zero attached hydrogens (tertiary/aromatic N) is 1. The lowest BCUT2D eigenvalue weighted by molar-refractivity contribution is 0.174. The molecule has 1 aromatic carbocycles. The quantitative estimate of drug-likeness (QED) is 0.807. The Hall–Kier alpha value is -1.91. The van der Waals surface area contributed by atoms with Gasteiger partial charge in [-0.25, -0.2) is 4.79 Å². The Balaban J connectivity index is 1.77. The van der Waals surface area contributed by atoms with Crippen molar-refractivity contribution in [2.24, 2.45) is 0 Å². The second kappa shape index (κ2) is 3.59. The van der Waals surface area contributed by atoms with Gasteiger partial charge in [-0.15, -0.1) is 0 Å². The molecule has 2 aliphatic heterocycles. The molecule has 0 bridgehead atoms. The molecule has 0 aliphatic carbocycles. The van der Waals surface area contributed by atoms with E-state index in [1.165, 1.54) is 0 Å². The Kier molecular flexibility index (Phi) is 2.09. The topological polar surface area (TPSA) is 50.8 Å². The predicted molar refractivity (Wildman–Crippen MR) is 56.4 cm³/mol. The summed E-state index contributed by atoms with van der Waals surface area (Å²) in [5, 5.41) is 2.77. The molecule has 0 aromatic heterocycles. The van der Waals surface area contributed by atoms with E-state index in [2.05, 4.69) is 5.32 Å². The van der Waals surface area contributed by atoms with Gasteiger partial charge in [-0.3, -0.25) is 0 Å². The second-order valence-electron chi connectivity index (χ2n) is 3.84. The van der Waals surface area contributed by atoms with Crippen molar-refractivity contribution in [2.45, 2.75) is 6.54 Å². The van der Waals surface area contributed by atoms with Crippen LogP contribution in [-0.4, -0.2) is 30.8 Å². The lowest BCUT2D eigenvalue weighted by Gasteiger charge is -2.14. The van der Waals surface area contributed by atoms with E-state index >= 15 is 0 Å². The molecule has 84 valence electrons. The number of nitrogens with one attached hydrogen (secondary N) is 1. The van der Waals surface area contributed by atoms with E-state index in [9.17, 15) is 4.79 Å². The molecule has 1 N–H and O–H groups in total. The Morgan fingerprint density at radius 3 is 3.00 bits per heavy atom. The second-order valence-corrected chi connectivity index (χ2v) is 3.84.